The second kappa shape index (κ2) is 7.00. The van der Waals surface area contributed by atoms with Gasteiger partial charge >= 0.3 is 0 Å². The lowest BCUT2D eigenvalue weighted by Gasteiger charge is -2.11. The smallest absolute Gasteiger partial charge is 0.250 e. The minimum Gasteiger partial charge on any atom is -0.366 e. The van der Waals surface area contributed by atoms with Crippen LogP contribution >= 0.6 is 35.8 Å². The fourth-order valence-electron chi connectivity index (χ4n) is 1.59. The minimum atomic E-state index is -0.591. The van der Waals surface area contributed by atoms with E-state index in [1.807, 2.05) is 0 Å². The number of primary amides is 1. The molecular formula is C11H13Cl2N3O2S. The lowest BCUT2D eigenvalue weighted by Crippen LogP contribution is -2.37. The molecule has 0 aliphatic carbocycles. The molecule has 19 heavy (non-hydrogen) atoms. The molecule has 2 amide bonds. The Kier molecular flexibility index (Phi) is 5.93. The molecule has 0 radical (unpaired) electrons. The van der Waals surface area contributed by atoms with Crippen molar-refractivity contribution < 1.29 is 9.59 Å². The fourth-order valence-corrected chi connectivity index (χ4v) is 2.80. The van der Waals surface area contributed by atoms with Gasteiger partial charge in [-0.3, -0.25) is 14.9 Å². The van der Waals surface area contributed by atoms with E-state index in [0.29, 0.717) is 5.69 Å². The highest BCUT2D eigenvalue weighted by Crippen LogP contribution is 2.21. The number of amides is 2. The predicted octanol–water partition coefficient (Wildman–Crippen LogP) is 1.46. The van der Waals surface area contributed by atoms with Crippen LogP contribution in [0.25, 0.3) is 0 Å². The van der Waals surface area contributed by atoms with Gasteiger partial charge in [-0.15, -0.1) is 24.2 Å². The summed E-state index contributed by atoms with van der Waals surface area (Å²) >= 11 is 7.57. The molecule has 1 atom stereocenters. The molecule has 0 saturated carbocycles. The Morgan fingerprint density at radius 3 is 2.74 bits per heavy atom. The number of halogens is 2. The molecule has 5 nitrogen and oxygen atoms in total. The molecule has 0 bridgehead atoms. The lowest BCUT2D eigenvalue weighted by molar-refractivity contribution is -0.117. The van der Waals surface area contributed by atoms with Crippen molar-refractivity contribution in [1.29, 1.82) is 0 Å². The summed E-state index contributed by atoms with van der Waals surface area (Å²) in [6.45, 7) is 0. The van der Waals surface area contributed by atoms with Gasteiger partial charge in [0.2, 0.25) is 11.8 Å². The van der Waals surface area contributed by atoms with Crippen molar-refractivity contribution in [3.63, 3.8) is 0 Å². The number of hydrogen-bond donors (Lipinski definition) is 3. The third-order valence-corrected chi connectivity index (χ3v) is 3.79. The molecule has 1 aromatic carbocycles. The second-order valence-corrected chi connectivity index (χ2v) is 5.26. The number of benzene rings is 1. The van der Waals surface area contributed by atoms with Crippen LogP contribution in [0.2, 0.25) is 5.02 Å². The van der Waals surface area contributed by atoms with E-state index in [1.54, 1.807) is 17.8 Å². The Labute approximate surface area is 126 Å². The van der Waals surface area contributed by atoms with E-state index in [1.165, 1.54) is 12.1 Å². The Hall–Kier alpha value is -0.950. The van der Waals surface area contributed by atoms with Gasteiger partial charge in [-0.05, 0) is 18.2 Å². The fraction of sp³-hybridized carbons (Fsp3) is 0.273. The van der Waals surface area contributed by atoms with E-state index in [2.05, 4.69) is 10.6 Å². The summed E-state index contributed by atoms with van der Waals surface area (Å²) in [5.41, 5.74) is 5.93. The summed E-state index contributed by atoms with van der Waals surface area (Å²) in [6, 6.07) is 4.43. The van der Waals surface area contributed by atoms with Crippen molar-refractivity contribution in [1.82, 2.24) is 5.32 Å². The van der Waals surface area contributed by atoms with Crippen LogP contribution in [0.3, 0.4) is 0 Å². The maximum atomic E-state index is 11.8. The van der Waals surface area contributed by atoms with Gasteiger partial charge in [-0.1, -0.05) is 11.6 Å². The first-order valence-electron chi connectivity index (χ1n) is 5.29. The summed E-state index contributed by atoms with van der Waals surface area (Å²) in [4.78, 5) is 22.8. The van der Waals surface area contributed by atoms with Crippen molar-refractivity contribution >= 4 is 53.3 Å². The highest BCUT2D eigenvalue weighted by atomic mass is 35.5. The summed E-state index contributed by atoms with van der Waals surface area (Å²) in [5, 5.41) is 6.03. The van der Waals surface area contributed by atoms with E-state index in [-0.39, 0.29) is 34.9 Å². The average molecular weight is 322 g/mol. The van der Waals surface area contributed by atoms with E-state index in [9.17, 15) is 9.59 Å². The van der Waals surface area contributed by atoms with Gasteiger partial charge in [-0.25, -0.2) is 0 Å². The van der Waals surface area contributed by atoms with Gasteiger partial charge in [0.25, 0.3) is 0 Å². The molecular weight excluding hydrogens is 309 g/mol. The largest absolute Gasteiger partial charge is 0.366 e. The maximum Gasteiger partial charge on any atom is 0.250 e. The SMILES string of the molecule is Cl.NC(=O)c1ccc(NC(=O)C2CSCN2)cc1Cl. The van der Waals surface area contributed by atoms with Crippen LogP contribution in [0, 0.1) is 0 Å². The molecule has 1 heterocycles. The zero-order valence-corrected chi connectivity index (χ0v) is 12.2. The number of nitrogens with one attached hydrogen (secondary N) is 2. The molecule has 1 aliphatic heterocycles. The summed E-state index contributed by atoms with van der Waals surface area (Å²) in [7, 11) is 0. The third-order valence-electron chi connectivity index (χ3n) is 2.53. The zero-order valence-electron chi connectivity index (χ0n) is 9.81. The quantitative estimate of drug-likeness (QED) is 0.787. The monoisotopic (exact) mass is 321 g/mol. The molecule has 1 fully saturated rings. The number of hydrogen-bond acceptors (Lipinski definition) is 4. The Morgan fingerprint density at radius 2 is 2.21 bits per heavy atom. The van der Waals surface area contributed by atoms with E-state index < -0.39 is 5.91 Å². The number of thioether (sulfide) groups is 1. The van der Waals surface area contributed by atoms with E-state index >= 15 is 0 Å². The first kappa shape index (κ1) is 16.1. The van der Waals surface area contributed by atoms with Gasteiger partial charge in [-0.2, -0.15) is 0 Å². The summed E-state index contributed by atoms with van der Waals surface area (Å²) < 4.78 is 0. The van der Waals surface area contributed by atoms with E-state index in [4.69, 9.17) is 17.3 Å². The highest BCUT2D eigenvalue weighted by molar-refractivity contribution is 7.99. The van der Waals surface area contributed by atoms with Gasteiger partial charge < -0.3 is 11.1 Å². The molecule has 0 spiro atoms. The standard InChI is InChI=1S/C11H12ClN3O2S.ClH/c12-8-3-6(1-2-7(8)10(13)16)15-11(17)9-4-18-5-14-9;/h1-3,9,14H,4-5H2,(H2,13,16)(H,15,17);1H. The molecule has 4 N–H and O–H groups in total. The second-order valence-electron chi connectivity index (χ2n) is 3.82. The molecule has 1 unspecified atom stereocenters. The van der Waals surface area contributed by atoms with Crippen LogP contribution in [-0.2, 0) is 4.79 Å². The molecule has 1 aromatic rings. The van der Waals surface area contributed by atoms with E-state index in [0.717, 1.165) is 11.6 Å². The first-order chi connectivity index (χ1) is 8.58. The van der Waals surface area contributed by atoms with Gasteiger partial charge in [0.1, 0.15) is 0 Å². The van der Waals surface area contributed by atoms with Crippen LogP contribution in [0.1, 0.15) is 10.4 Å². The van der Waals surface area contributed by atoms with Crippen molar-refractivity contribution in [2.45, 2.75) is 6.04 Å². The van der Waals surface area contributed by atoms with Gasteiger partial charge in [0.15, 0.2) is 0 Å². The van der Waals surface area contributed by atoms with Crippen molar-refractivity contribution in [3.8, 4) is 0 Å². The molecule has 8 heteroatoms. The number of rotatable bonds is 3. The van der Waals surface area contributed by atoms with Crippen LogP contribution in [0.15, 0.2) is 18.2 Å². The first-order valence-corrected chi connectivity index (χ1v) is 6.82. The van der Waals surface area contributed by atoms with Gasteiger partial charge in [0.05, 0.1) is 16.6 Å². The molecule has 104 valence electrons. The molecule has 1 aliphatic rings. The Morgan fingerprint density at radius 1 is 1.47 bits per heavy atom. The molecule has 1 saturated heterocycles. The zero-order chi connectivity index (χ0) is 13.1. The summed E-state index contributed by atoms with van der Waals surface area (Å²) in [6.07, 6.45) is 0. The predicted molar refractivity (Wildman–Crippen MR) is 80.1 cm³/mol. The highest BCUT2D eigenvalue weighted by Gasteiger charge is 2.22. The topological polar surface area (TPSA) is 84.2 Å². The number of nitrogens with two attached hydrogens (primary N) is 1. The summed E-state index contributed by atoms with van der Waals surface area (Å²) in [5.74, 6) is 0.827. The lowest BCUT2D eigenvalue weighted by atomic mass is 10.2. The normalized spacial score (nSPS) is 17.6. The Bertz CT molecular complexity index is 493. The van der Waals surface area contributed by atoms with Crippen LogP contribution in [-0.4, -0.2) is 29.5 Å². The van der Waals surface area contributed by atoms with Crippen molar-refractivity contribution in [3.05, 3.63) is 28.8 Å². The average Bonchev–Trinajstić information content (AvgIpc) is 2.81. The number of carbonyl (C=O) groups excluding carboxylic acids is 2. The third kappa shape index (κ3) is 4.01. The molecule has 0 aromatic heterocycles. The van der Waals surface area contributed by atoms with Crippen LogP contribution in [0.4, 0.5) is 5.69 Å². The van der Waals surface area contributed by atoms with Crippen molar-refractivity contribution in [2.75, 3.05) is 16.9 Å². The minimum absolute atomic E-state index is 0. The molecule has 2 rings (SSSR count). The van der Waals surface area contributed by atoms with Crippen molar-refractivity contribution in [2.24, 2.45) is 5.73 Å². The number of carbonyl (C=O) groups is 2. The van der Waals surface area contributed by atoms with Gasteiger partial charge in [0, 0.05) is 17.3 Å². The Balaban J connectivity index is 0.00000180. The maximum absolute atomic E-state index is 11.8. The number of anilines is 1. The van der Waals surface area contributed by atoms with Crippen LogP contribution in [0.5, 0.6) is 0 Å². The van der Waals surface area contributed by atoms with Crippen LogP contribution < -0.4 is 16.4 Å².